The number of thioether (sulfide) groups is 1. The molecule has 0 aromatic heterocycles. The first-order valence-corrected chi connectivity index (χ1v) is 7.50. The molecule has 3 aliphatic rings. The van der Waals surface area contributed by atoms with E-state index in [1.54, 1.807) is 11.8 Å². The van der Waals surface area contributed by atoms with Crippen LogP contribution in [0.3, 0.4) is 0 Å². The number of amides is 1. The summed E-state index contributed by atoms with van der Waals surface area (Å²) in [5.41, 5.74) is 0. The van der Waals surface area contributed by atoms with E-state index in [1.165, 1.54) is 0 Å². The highest BCUT2D eigenvalue weighted by Gasteiger charge is 2.64. The number of hydrogen-bond acceptors (Lipinski definition) is 6. The Labute approximate surface area is 120 Å². The average Bonchev–Trinajstić information content (AvgIpc) is 3.03. The van der Waals surface area contributed by atoms with Gasteiger partial charge in [-0.2, -0.15) is 0 Å². The van der Waals surface area contributed by atoms with E-state index < -0.39 is 0 Å². The second-order valence-corrected chi connectivity index (χ2v) is 6.50. The summed E-state index contributed by atoms with van der Waals surface area (Å²) in [5.74, 6) is -0.878. The number of fused-ring (bicyclic) bond motifs is 1. The molecule has 0 aromatic carbocycles. The molecular formula is C13H15NO5S. The van der Waals surface area contributed by atoms with E-state index >= 15 is 0 Å². The second kappa shape index (κ2) is 5.12. The van der Waals surface area contributed by atoms with Gasteiger partial charge in [-0.3, -0.25) is 14.4 Å². The van der Waals surface area contributed by atoms with Crippen molar-refractivity contribution in [1.82, 2.24) is 5.32 Å². The number of nitrogens with one attached hydrogen (secondary N) is 1. The monoisotopic (exact) mass is 297 g/mol. The zero-order valence-corrected chi connectivity index (χ0v) is 11.6. The zero-order valence-electron chi connectivity index (χ0n) is 10.7. The van der Waals surface area contributed by atoms with Crippen molar-refractivity contribution in [3.05, 3.63) is 12.7 Å². The van der Waals surface area contributed by atoms with Crippen LogP contribution in [0.15, 0.2) is 12.7 Å². The lowest BCUT2D eigenvalue weighted by molar-refractivity contribution is -0.159. The molecule has 7 heteroatoms. The summed E-state index contributed by atoms with van der Waals surface area (Å²) < 4.78 is 10.7. The predicted molar refractivity (Wildman–Crippen MR) is 70.9 cm³/mol. The molecule has 5 atom stereocenters. The van der Waals surface area contributed by atoms with Crippen LogP contribution >= 0.6 is 11.8 Å². The molecule has 20 heavy (non-hydrogen) atoms. The van der Waals surface area contributed by atoms with Crippen molar-refractivity contribution in [2.45, 2.75) is 35.5 Å². The fourth-order valence-corrected chi connectivity index (χ4v) is 4.82. The molecule has 108 valence electrons. The van der Waals surface area contributed by atoms with Gasteiger partial charge in [0, 0.05) is 11.8 Å². The van der Waals surface area contributed by atoms with Gasteiger partial charge < -0.3 is 14.8 Å². The Bertz CT molecular complexity index is 479. The molecule has 3 saturated heterocycles. The van der Waals surface area contributed by atoms with E-state index in [1.807, 2.05) is 0 Å². The van der Waals surface area contributed by atoms with E-state index in [2.05, 4.69) is 11.9 Å². The highest BCUT2D eigenvalue weighted by atomic mass is 32.2. The minimum Gasteiger partial charge on any atom is -0.457 e. The molecule has 3 fully saturated rings. The van der Waals surface area contributed by atoms with E-state index in [4.69, 9.17) is 9.47 Å². The van der Waals surface area contributed by atoms with E-state index in [-0.39, 0.29) is 59.4 Å². The molecule has 1 amide bonds. The predicted octanol–water partition coefficient (Wildman–Crippen LogP) is 0.0198. The molecule has 5 unspecified atom stereocenters. The van der Waals surface area contributed by atoms with E-state index in [9.17, 15) is 14.4 Å². The Morgan fingerprint density at radius 2 is 2.35 bits per heavy atom. The number of ether oxygens (including phenoxy) is 2. The van der Waals surface area contributed by atoms with Gasteiger partial charge in [-0.05, 0) is 12.5 Å². The van der Waals surface area contributed by atoms with E-state index in [0.29, 0.717) is 0 Å². The minimum atomic E-state index is -0.382. The summed E-state index contributed by atoms with van der Waals surface area (Å²) in [5, 5.41) is 2.82. The Balaban J connectivity index is 1.49. The molecule has 1 N–H and O–H groups in total. The van der Waals surface area contributed by atoms with Crippen LogP contribution in [-0.4, -0.2) is 47.1 Å². The number of carbonyl (C=O) groups excluding carboxylic acids is 3. The maximum absolute atomic E-state index is 11.8. The van der Waals surface area contributed by atoms with Crippen LogP contribution in [0.5, 0.6) is 0 Å². The molecule has 3 rings (SSSR count). The lowest BCUT2D eigenvalue weighted by atomic mass is 9.88. The summed E-state index contributed by atoms with van der Waals surface area (Å²) in [6.45, 7) is 3.53. The fraction of sp³-hybridized carbons (Fsp3) is 0.615. The summed E-state index contributed by atoms with van der Waals surface area (Å²) in [7, 11) is 0. The summed E-state index contributed by atoms with van der Waals surface area (Å²) in [6, 6.07) is 0. The number of rotatable bonds is 5. The van der Waals surface area contributed by atoms with Crippen molar-refractivity contribution in [3.8, 4) is 0 Å². The Hall–Kier alpha value is -1.50. The lowest BCUT2D eigenvalue weighted by Gasteiger charge is -2.23. The fourth-order valence-electron chi connectivity index (χ4n) is 2.95. The van der Waals surface area contributed by atoms with Crippen molar-refractivity contribution >= 4 is 29.6 Å². The third-order valence-corrected chi connectivity index (χ3v) is 5.59. The minimum absolute atomic E-state index is 0.0168. The third-order valence-electron chi connectivity index (χ3n) is 3.87. The highest BCUT2D eigenvalue weighted by molar-refractivity contribution is 8.01. The first kappa shape index (κ1) is 13.5. The molecule has 0 aromatic rings. The van der Waals surface area contributed by atoms with Crippen molar-refractivity contribution < 1.29 is 23.9 Å². The lowest BCUT2D eigenvalue weighted by Crippen LogP contribution is -2.40. The molecule has 0 radical (unpaired) electrons. The maximum Gasteiger partial charge on any atom is 0.310 e. The van der Waals surface area contributed by atoms with Gasteiger partial charge in [0.05, 0.1) is 17.6 Å². The van der Waals surface area contributed by atoms with Gasteiger partial charge in [0.1, 0.15) is 0 Å². The molecule has 0 saturated carbocycles. The van der Waals surface area contributed by atoms with Gasteiger partial charge >= 0.3 is 11.9 Å². The van der Waals surface area contributed by atoms with Crippen LogP contribution in [0.1, 0.15) is 12.8 Å². The topological polar surface area (TPSA) is 81.7 Å². The molecule has 6 nitrogen and oxygen atoms in total. The SMILES string of the molecule is C=CC(=O)NCCC(=O)OC1C2CC3C(=O)OC1C3S2. The molecule has 0 spiro atoms. The molecule has 3 heterocycles. The third kappa shape index (κ3) is 2.19. The van der Waals surface area contributed by atoms with Crippen molar-refractivity contribution in [1.29, 1.82) is 0 Å². The first-order valence-electron chi connectivity index (χ1n) is 6.56. The largest absolute Gasteiger partial charge is 0.457 e. The molecular weight excluding hydrogens is 282 g/mol. The van der Waals surface area contributed by atoms with Crippen LogP contribution in [0.4, 0.5) is 0 Å². The van der Waals surface area contributed by atoms with Crippen LogP contribution in [0, 0.1) is 5.92 Å². The van der Waals surface area contributed by atoms with Crippen LogP contribution < -0.4 is 5.32 Å². The standard InChI is InChI=1S/C13H15NO5S/c1-2-8(15)14-4-3-9(16)18-10-7-5-6-12(20-7)11(10)19-13(6)17/h2,6-7,10-12H,1,3-5H2,(H,14,15). The zero-order chi connectivity index (χ0) is 14.3. The summed E-state index contributed by atoms with van der Waals surface area (Å²) in [4.78, 5) is 34.3. The smallest absolute Gasteiger partial charge is 0.310 e. The van der Waals surface area contributed by atoms with Gasteiger partial charge in [-0.15, -0.1) is 11.8 Å². The number of hydrogen-bond donors (Lipinski definition) is 1. The summed E-state index contributed by atoms with van der Waals surface area (Å²) >= 11 is 1.69. The molecule has 2 bridgehead atoms. The van der Waals surface area contributed by atoms with Gasteiger partial charge in [-0.25, -0.2) is 0 Å². The highest BCUT2D eigenvalue weighted by Crippen LogP contribution is 2.55. The van der Waals surface area contributed by atoms with Crippen molar-refractivity contribution in [3.63, 3.8) is 0 Å². The quantitative estimate of drug-likeness (QED) is 0.569. The van der Waals surface area contributed by atoms with Gasteiger partial charge in [0.2, 0.25) is 5.91 Å². The van der Waals surface area contributed by atoms with Crippen molar-refractivity contribution in [2.24, 2.45) is 5.92 Å². The first-order chi connectivity index (χ1) is 9.60. The van der Waals surface area contributed by atoms with Crippen LogP contribution in [0.25, 0.3) is 0 Å². The van der Waals surface area contributed by atoms with Crippen molar-refractivity contribution in [2.75, 3.05) is 6.54 Å². The number of esters is 2. The van der Waals surface area contributed by atoms with Crippen LogP contribution in [-0.2, 0) is 23.9 Å². The van der Waals surface area contributed by atoms with Gasteiger partial charge in [-0.1, -0.05) is 6.58 Å². The van der Waals surface area contributed by atoms with Gasteiger partial charge in [0.15, 0.2) is 12.2 Å². The Kier molecular flexibility index (Phi) is 3.45. The Morgan fingerprint density at radius 1 is 1.55 bits per heavy atom. The summed E-state index contributed by atoms with van der Waals surface area (Å²) in [6.07, 6.45) is 1.35. The number of carbonyl (C=O) groups is 3. The average molecular weight is 297 g/mol. The second-order valence-electron chi connectivity index (χ2n) is 5.08. The molecule has 0 aliphatic carbocycles. The van der Waals surface area contributed by atoms with Crippen LogP contribution in [0.2, 0.25) is 0 Å². The maximum atomic E-state index is 11.8. The Morgan fingerprint density at radius 3 is 3.10 bits per heavy atom. The van der Waals surface area contributed by atoms with Gasteiger partial charge in [0.25, 0.3) is 0 Å². The molecule has 3 aliphatic heterocycles. The van der Waals surface area contributed by atoms with E-state index in [0.717, 1.165) is 12.5 Å². The normalized spacial score (nSPS) is 36.6.